The molecule has 0 bridgehead atoms. The number of nitrogen functional groups attached to an aromatic ring is 1. The Hall–Kier alpha value is -0.820. The first-order valence-electron chi connectivity index (χ1n) is 6.87. The maximum Gasteiger partial charge on any atom is 0.242 e. The van der Waals surface area contributed by atoms with E-state index < -0.39 is 10.0 Å². The lowest BCUT2D eigenvalue weighted by Gasteiger charge is -2.51. The third-order valence-electron chi connectivity index (χ3n) is 4.09. The van der Waals surface area contributed by atoms with Crippen LogP contribution in [0.5, 0.6) is 0 Å². The molecule has 0 aliphatic heterocycles. The van der Waals surface area contributed by atoms with Crippen molar-refractivity contribution < 1.29 is 13.2 Å². The van der Waals surface area contributed by atoms with Crippen LogP contribution in [0.2, 0.25) is 5.02 Å². The average Bonchev–Trinajstić information content (AvgIpc) is 2.37. The van der Waals surface area contributed by atoms with E-state index in [2.05, 4.69) is 4.72 Å². The predicted molar refractivity (Wildman–Crippen MR) is 83.8 cm³/mol. The van der Waals surface area contributed by atoms with Gasteiger partial charge in [-0.05, 0) is 31.5 Å². The Morgan fingerprint density at radius 3 is 2.67 bits per heavy atom. The molecule has 1 saturated carbocycles. The van der Waals surface area contributed by atoms with Crippen molar-refractivity contribution in [1.29, 1.82) is 0 Å². The summed E-state index contributed by atoms with van der Waals surface area (Å²) in [6, 6.07) is 4.21. The maximum atomic E-state index is 12.4. The fourth-order valence-electron chi connectivity index (χ4n) is 2.56. The normalized spacial score (nSPS) is 24.6. The summed E-state index contributed by atoms with van der Waals surface area (Å²) in [5, 5.41) is 0.126. The first kappa shape index (κ1) is 16.5. The molecule has 7 heteroatoms. The topological polar surface area (TPSA) is 81.4 Å². The molecular weight excluding hydrogens is 312 g/mol. The number of anilines is 1. The van der Waals surface area contributed by atoms with Gasteiger partial charge < -0.3 is 10.5 Å². The lowest BCUT2D eigenvalue weighted by molar-refractivity contribution is -0.108. The monoisotopic (exact) mass is 332 g/mol. The molecule has 118 valence electrons. The summed E-state index contributed by atoms with van der Waals surface area (Å²) in [6.45, 7) is 6.54. The summed E-state index contributed by atoms with van der Waals surface area (Å²) < 4.78 is 33.2. The van der Waals surface area contributed by atoms with E-state index in [0.717, 1.165) is 0 Å². The second-order valence-electron chi connectivity index (χ2n) is 5.86. The van der Waals surface area contributed by atoms with Gasteiger partial charge in [0.2, 0.25) is 10.0 Å². The Morgan fingerprint density at radius 1 is 1.48 bits per heavy atom. The van der Waals surface area contributed by atoms with E-state index in [4.69, 9.17) is 22.1 Å². The minimum Gasteiger partial charge on any atom is -0.399 e. The number of benzene rings is 1. The van der Waals surface area contributed by atoms with Crippen LogP contribution in [0.3, 0.4) is 0 Å². The molecule has 1 fully saturated rings. The third kappa shape index (κ3) is 3.18. The van der Waals surface area contributed by atoms with Crippen LogP contribution in [0, 0.1) is 5.41 Å². The van der Waals surface area contributed by atoms with E-state index in [1.165, 1.54) is 18.2 Å². The number of halogens is 1. The van der Waals surface area contributed by atoms with Gasteiger partial charge in [0.25, 0.3) is 0 Å². The first-order valence-corrected chi connectivity index (χ1v) is 8.73. The second kappa shape index (κ2) is 5.76. The zero-order chi connectivity index (χ0) is 15.8. The van der Waals surface area contributed by atoms with E-state index in [1.807, 2.05) is 20.8 Å². The van der Waals surface area contributed by atoms with Crippen LogP contribution in [-0.4, -0.2) is 27.2 Å². The molecule has 1 aliphatic carbocycles. The lowest BCUT2D eigenvalue weighted by Crippen LogP contribution is -2.61. The van der Waals surface area contributed by atoms with Crippen LogP contribution >= 0.6 is 11.6 Å². The molecule has 0 radical (unpaired) electrons. The average molecular weight is 333 g/mol. The number of nitrogens with two attached hydrogens (primary N) is 1. The molecule has 2 unspecified atom stereocenters. The number of rotatable bonds is 5. The van der Waals surface area contributed by atoms with Crippen LogP contribution < -0.4 is 10.5 Å². The van der Waals surface area contributed by atoms with Crippen molar-refractivity contribution in [2.24, 2.45) is 5.41 Å². The minimum absolute atomic E-state index is 0.0500. The molecule has 1 aliphatic rings. The van der Waals surface area contributed by atoms with Gasteiger partial charge in [-0.1, -0.05) is 25.4 Å². The summed E-state index contributed by atoms with van der Waals surface area (Å²) in [5.74, 6) is 0. The number of ether oxygens (including phenoxy) is 1. The largest absolute Gasteiger partial charge is 0.399 e. The van der Waals surface area contributed by atoms with Gasteiger partial charge in [-0.15, -0.1) is 0 Å². The van der Waals surface area contributed by atoms with E-state index in [9.17, 15) is 8.42 Å². The van der Waals surface area contributed by atoms with Gasteiger partial charge in [0.1, 0.15) is 4.90 Å². The van der Waals surface area contributed by atoms with Gasteiger partial charge in [0.05, 0.1) is 11.1 Å². The highest BCUT2D eigenvalue weighted by molar-refractivity contribution is 7.89. The Kier molecular flexibility index (Phi) is 4.54. The lowest BCUT2D eigenvalue weighted by atomic mass is 9.65. The SMILES string of the molecule is CCOC1CC(NS(=O)(=O)c2ccc(N)cc2Cl)C1(C)C. The van der Waals surface area contributed by atoms with Crippen molar-refractivity contribution in [3.05, 3.63) is 23.2 Å². The molecule has 0 heterocycles. The third-order valence-corrected chi connectivity index (χ3v) is 6.04. The fourth-order valence-corrected chi connectivity index (χ4v) is 4.51. The summed E-state index contributed by atoms with van der Waals surface area (Å²) in [4.78, 5) is 0.0500. The molecule has 2 atom stereocenters. The van der Waals surface area contributed by atoms with Crippen molar-refractivity contribution in [2.45, 2.75) is 44.2 Å². The van der Waals surface area contributed by atoms with E-state index in [0.29, 0.717) is 18.7 Å². The Bertz CT molecular complexity index is 631. The second-order valence-corrected chi connectivity index (χ2v) is 7.95. The van der Waals surface area contributed by atoms with Gasteiger partial charge >= 0.3 is 0 Å². The fraction of sp³-hybridized carbons (Fsp3) is 0.571. The highest BCUT2D eigenvalue weighted by Crippen LogP contribution is 2.43. The van der Waals surface area contributed by atoms with Gasteiger partial charge in [0, 0.05) is 23.8 Å². The predicted octanol–water partition coefficient (Wildman–Crippen LogP) is 2.40. The van der Waals surface area contributed by atoms with Gasteiger partial charge in [-0.3, -0.25) is 0 Å². The number of nitrogens with one attached hydrogen (secondary N) is 1. The molecular formula is C14H21ClN2O3S. The quantitative estimate of drug-likeness (QED) is 0.811. The molecule has 0 aromatic heterocycles. The van der Waals surface area contributed by atoms with Crippen LogP contribution in [-0.2, 0) is 14.8 Å². The summed E-state index contributed by atoms with van der Waals surface area (Å²) in [7, 11) is -3.67. The zero-order valence-electron chi connectivity index (χ0n) is 12.4. The minimum atomic E-state index is -3.67. The smallest absolute Gasteiger partial charge is 0.242 e. The van der Waals surface area contributed by atoms with E-state index >= 15 is 0 Å². The van der Waals surface area contributed by atoms with Crippen molar-refractivity contribution >= 4 is 27.3 Å². The Morgan fingerprint density at radius 2 is 2.14 bits per heavy atom. The zero-order valence-corrected chi connectivity index (χ0v) is 14.0. The number of hydrogen-bond acceptors (Lipinski definition) is 4. The van der Waals surface area contributed by atoms with Gasteiger partial charge in [-0.2, -0.15) is 0 Å². The van der Waals surface area contributed by atoms with Crippen molar-refractivity contribution in [2.75, 3.05) is 12.3 Å². The van der Waals surface area contributed by atoms with Gasteiger partial charge in [-0.25, -0.2) is 13.1 Å². The van der Waals surface area contributed by atoms with Crippen LogP contribution in [0.4, 0.5) is 5.69 Å². The van der Waals surface area contributed by atoms with Crippen molar-refractivity contribution in [1.82, 2.24) is 4.72 Å². The first-order chi connectivity index (χ1) is 9.68. The molecule has 1 aromatic carbocycles. The molecule has 2 rings (SSSR count). The van der Waals surface area contributed by atoms with Crippen molar-refractivity contribution in [3.63, 3.8) is 0 Å². The molecule has 3 N–H and O–H groups in total. The molecule has 0 saturated heterocycles. The molecule has 0 spiro atoms. The maximum absolute atomic E-state index is 12.4. The molecule has 21 heavy (non-hydrogen) atoms. The van der Waals surface area contributed by atoms with Crippen LogP contribution in [0.15, 0.2) is 23.1 Å². The van der Waals surface area contributed by atoms with Crippen molar-refractivity contribution in [3.8, 4) is 0 Å². The van der Waals surface area contributed by atoms with E-state index in [-0.39, 0.29) is 27.5 Å². The summed E-state index contributed by atoms with van der Waals surface area (Å²) in [6.07, 6.45) is 0.726. The highest BCUT2D eigenvalue weighted by atomic mass is 35.5. The summed E-state index contributed by atoms with van der Waals surface area (Å²) in [5.41, 5.74) is 5.77. The Labute approximate surface area is 130 Å². The highest BCUT2D eigenvalue weighted by Gasteiger charge is 2.50. The molecule has 5 nitrogen and oxygen atoms in total. The number of hydrogen-bond donors (Lipinski definition) is 2. The molecule has 1 aromatic rings. The van der Waals surface area contributed by atoms with Gasteiger partial charge in [0.15, 0.2) is 0 Å². The van der Waals surface area contributed by atoms with E-state index in [1.54, 1.807) is 0 Å². The Balaban J connectivity index is 2.16. The molecule has 0 amide bonds. The standard InChI is InChI=1S/C14H21ClN2O3S/c1-4-20-13-8-12(14(13,2)3)17-21(18,19)11-6-5-9(16)7-10(11)15/h5-7,12-13,17H,4,8,16H2,1-3H3. The number of sulfonamides is 1. The summed E-state index contributed by atoms with van der Waals surface area (Å²) >= 11 is 5.98. The van der Waals surface area contributed by atoms with Crippen LogP contribution in [0.1, 0.15) is 27.2 Å². The van der Waals surface area contributed by atoms with Crippen LogP contribution in [0.25, 0.3) is 0 Å².